The number of hydrogen-bond acceptors (Lipinski definition) is 1. The predicted molar refractivity (Wildman–Crippen MR) is 109 cm³/mol. The molecule has 2 aromatic rings. The van der Waals surface area contributed by atoms with Crippen molar-refractivity contribution in [3.05, 3.63) is 145 Å². The molecule has 0 unspecified atom stereocenters. The van der Waals surface area contributed by atoms with E-state index < -0.39 is 5.41 Å². The molecule has 0 radical (unpaired) electrons. The Bertz CT molecular complexity index is 916. The molecule has 0 saturated heterocycles. The fourth-order valence-electron chi connectivity index (χ4n) is 4.10. The summed E-state index contributed by atoms with van der Waals surface area (Å²) in [6.45, 7) is 8.25. The van der Waals surface area contributed by atoms with E-state index in [0.717, 1.165) is 11.3 Å². The molecule has 0 bridgehead atoms. The molecule has 1 nitrogen and oxygen atoms in total. The van der Waals surface area contributed by atoms with Crippen LogP contribution in [0.4, 0.5) is 0 Å². The van der Waals surface area contributed by atoms with Gasteiger partial charge in [0.2, 0.25) is 0 Å². The van der Waals surface area contributed by atoms with Crippen molar-refractivity contribution in [2.75, 3.05) is 0 Å². The average Bonchev–Trinajstić information content (AvgIpc) is 2.82. The number of fused-ring (bicyclic) bond motifs is 1. The molecule has 0 N–H and O–H groups in total. The first-order valence-corrected chi connectivity index (χ1v) is 8.79. The number of benzene rings is 2. The van der Waals surface area contributed by atoms with Crippen molar-refractivity contribution in [2.24, 2.45) is 0 Å². The smallest absolute Gasteiger partial charge is 0.0877 e. The zero-order chi connectivity index (χ0) is 18.0. The standard InChI is InChI=1S/C25H21N/c1-3-22-23(4-2)26-19-13-7-12-18-24(26)25(22,20-14-8-5-9-15-20)21-16-10-6-11-17-21/h3-19H,1-2H2. The Morgan fingerprint density at radius 2 is 1.35 bits per heavy atom. The molecule has 0 fully saturated rings. The van der Waals surface area contributed by atoms with Gasteiger partial charge < -0.3 is 4.90 Å². The van der Waals surface area contributed by atoms with Crippen LogP contribution >= 0.6 is 0 Å². The van der Waals surface area contributed by atoms with E-state index in [-0.39, 0.29) is 0 Å². The second-order valence-electron chi connectivity index (χ2n) is 6.34. The van der Waals surface area contributed by atoms with Gasteiger partial charge in [0, 0.05) is 17.6 Å². The molecule has 2 aliphatic heterocycles. The topological polar surface area (TPSA) is 3.24 Å². The van der Waals surface area contributed by atoms with Gasteiger partial charge >= 0.3 is 0 Å². The fourth-order valence-corrected chi connectivity index (χ4v) is 4.10. The highest BCUT2D eigenvalue weighted by molar-refractivity contribution is 5.67. The molecule has 1 heteroatoms. The third-order valence-corrected chi connectivity index (χ3v) is 5.11. The highest BCUT2D eigenvalue weighted by Gasteiger charge is 2.49. The van der Waals surface area contributed by atoms with E-state index in [0.29, 0.717) is 0 Å². The highest BCUT2D eigenvalue weighted by Crippen LogP contribution is 2.54. The van der Waals surface area contributed by atoms with Crippen LogP contribution in [0.15, 0.2) is 133 Å². The number of rotatable bonds is 4. The first-order chi connectivity index (χ1) is 12.8. The van der Waals surface area contributed by atoms with Crippen LogP contribution in [0.25, 0.3) is 0 Å². The summed E-state index contributed by atoms with van der Waals surface area (Å²) < 4.78 is 0. The van der Waals surface area contributed by atoms with E-state index in [4.69, 9.17) is 0 Å². The first-order valence-electron chi connectivity index (χ1n) is 8.79. The van der Waals surface area contributed by atoms with Gasteiger partial charge in [-0.2, -0.15) is 0 Å². The molecule has 4 rings (SSSR count). The van der Waals surface area contributed by atoms with E-state index in [9.17, 15) is 0 Å². The summed E-state index contributed by atoms with van der Waals surface area (Å²) in [4.78, 5) is 2.23. The summed E-state index contributed by atoms with van der Waals surface area (Å²) in [5, 5.41) is 0. The average molecular weight is 335 g/mol. The third kappa shape index (κ3) is 2.18. The zero-order valence-electron chi connectivity index (χ0n) is 14.7. The molecule has 26 heavy (non-hydrogen) atoms. The van der Waals surface area contributed by atoms with Crippen molar-refractivity contribution in [1.82, 2.24) is 4.90 Å². The lowest BCUT2D eigenvalue weighted by molar-refractivity contribution is 0.556. The Labute approximate surface area is 155 Å². The summed E-state index contributed by atoms with van der Waals surface area (Å²) in [6, 6.07) is 21.3. The van der Waals surface area contributed by atoms with Crippen LogP contribution in [0, 0.1) is 0 Å². The summed E-state index contributed by atoms with van der Waals surface area (Å²) in [6.07, 6.45) is 14.4. The van der Waals surface area contributed by atoms with Crippen molar-refractivity contribution >= 4 is 0 Å². The van der Waals surface area contributed by atoms with Gasteiger partial charge in [0.1, 0.15) is 0 Å². The van der Waals surface area contributed by atoms with Gasteiger partial charge in [-0.05, 0) is 34.9 Å². The van der Waals surface area contributed by atoms with E-state index >= 15 is 0 Å². The highest BCUT2D eigenvalue weighted by atomic mass is 15.2. The molecule has 126 valence electrons. The van der Waals surface area contributed by atoms with Crippen molar-refractivity contribution in [3.63, 3.8) is 0 Å². The van der Waals surface area contributed by atoms with E-state index in [1.165, 1.54) is 16.8 Å². The summed E-state index contributed by atoms with van der Waals surface area (Å²) in [5.74, 6) is 0. The summed E-state index contributed by atoms with van der Waals surface area (Å²) in [7, 11) is 0. The Morgan fingerprint density at radius 3 is 1.88 bits per heavy atom. The molecule has 0 saturated carbocycles. The molecule has 0 spiro atoms. The van der Waals surface area contributed by atoms with Crippen LogP contribution in [-0.2, 0) is 5.41 Å². The van der Waals surface area contributed by atoms with Crippen LogP contribution in [0.3, 0.4) is 0 Å². The lowest BCUT2D eigenvalue weighted by Gasteiger charge is -2.35. The molecule has 2 heterocycles. The minimum absolute atomic E-state index is 0.424. The lowest BCUT2D eigenvalue weighted by atomic mass is 9.68. The second kappa shape index (κ2) is 6.53. The predicted octanol–water partition coefficient (Wildman–Crippen LogP) is 5.88. The maximum Gasteiger partial charge on any atom is 0.0877 e. The Balaban J connectivity index is 2.16. The van der Waals surface area contributed by atoms with E-state index in [1.54, 1.807) is 0 Å². The Hall–Kier alpha value is -3.32. The zero-order valence-corrected chi connectivity index (χ0v) is 14.7. The SMILES string of the molecule is C=CC1=C(C=C)C(c2ccccc2)(c2ccccc2)C2=CC=CC=CN21. The fraction of sp³-hybridized carbons (Fsp3) is 0.0400. The minimum Gasteiger partial charge on any atom is -0.319 e. The maximum atomic E-state index is 4.17. The molecule has 2 aliphatic rings. The van der Waals surface area contributed by atoms with Gasteiger partial charge in [0.15, 0.2) is 0 Å². The second-order valence-corrected chi connectivity index (χ2v) is 6.34. The van der Waals surface area contributed by atoms with Gasteiger partial charge in [-0.3, -0.25) is 0 Å². The van der Waals surface area contributed by atoms with Gasteiger partial charge in [0.05, 0.1) is 5.41 Å². The van der Waals surface area contributed by atoms with E-state index in [1.807, 2.05) is 12.2 Å². The van der Waals surface area contributed by atoms with E-state index in [2.05, 4.69) is 109 Å². The van der Waals surface area contributed by atoms with Crippen molar-refractivity contribution in [2.45, 2.75) is 5.41 Å². The van der Waals surface area contributed by atoms with Crippen LogP contribution < -0.4 is 0 Å². The Morgan fingerprint density at radius 1 is 0.731 bits per heavy atom. The third-order valence-electron chi connectivity index (χ3n) is 5.11. The van der Waals surface area contributed by atoms with Gasteiger partial charge in [-0.1, -0.05) is 92.0 Å². The van der Waals surface area contributed by atoms with Crippen LogP contribution in [0.5, 0.6) is 0 Å². The van der Waals surface area contributed by atoms with Gasteiger partial charge in [0.25, 0.3) is 0 Å². The largest absolute Gasteiger partial charge is 0.319 e. The van der Waals surface area contributed by atoms with Crippen molar-refractivity contribution in [3.8, 4) is 0 Å². The number of nitrogens with zero attached hydrogens (tertiary/aromatic N) is 1. The quantitative estimate of drug-likeness (QED) is 0.674. The maximum absolute atomic E-state index is 4.17. The van der Waals surface area contributed by atoms with Crippen molar-refractivity contribution < 1.29 is 0 Å². The number of hydrogen-bond donors (Lipinski definition) is 0. The summed E-state index contributed by atoms with van der Waals surface area (Å²) >= 11 is 0. The lowest BCUT2D eigenvalue weighted by Crippen LogP contribution is -2.32. The molecular weight excluding hydrogens is 314 g/mol. The van der Waals surface area contributed by atoms with Crippen molar-refractivity contribution in [1.29, 1.82) is 0 Å². The van der Waals surface area contributed by atoms with Gasteiger partial charge in [-0.15, -0.1) is 0 Å². The summed E-state index contributed by atoms with van der Waals surface area (Å²) in [5.41, 5.74) is 5.42. The monoisotopic (exact) mass is 335 g/mol. The molecular formula is C25H21N. The molecule has 0 amide bonds. The Kier molecular flexibility index (Phi) is 4.06. The van der Waals surface area contributed by atoms with Crippen LogP contribution in [-0.4, -0.2) is 4.90 Å². The normalized spacial score (nSPS) is 17.5. The minimum atomic E-state index is -0.424. The van der Waals surface area contributed by atoms with Crippen LogP contribution in [0.2, 0.25) is 0 Å². The van der Waals surface area contributed by atoms with Crippen LogP contribution in [0.1, 0.15) is 11.1 Å². The molecule has 0 atom stereocenters. The molecule has 0 aromatic heterocycles. The first kappa shape index (κ1) is 16.2. The molecule has 2 aromatic carbocycles. The van der Waals surface area contributed by atoms with Gasteiger partial charge in [-0.25, -0.2) is 0 Å². The number of allylic oxidation sites excluding steroid dienone is 7. The molecule has 0 aliphatic carbocycles.